The lowest BCUT2D eigenvalue weighted by Gasteiger charge is -2.37. The van der Waals surface area contributed by atoms with Crippen molar-refractivity contribution in [2.45, 2.75) is 44.3 Å². The van der Waals surface area contributed by atoms with E-state index in [0.717, 1.165) is 31.7 Å². The van der Waals surface area contributed by atoms with Crippen LogP contribution in [0.5, 0.6) is 0 Å². The van der Waals surface area contributed by atoms with E-state index in [2.05, 4.69) is 15.0 Å². The fourth-order valence-corrected chi connectivity index (χ4v) is 5.22. The summed E-state index contributed by atoms with van der Waals surface area (Å²) in [5.41, 5.74) is -0.552. The van der Waals surface area contributed by atoms with Gasteiger partial charge in [-0.05, 0) is 43.2 Å². The second-order valence-corrected chi connectivity index (χ2v) is 10.1. The zero-order valence-corrected chi connectivity index (χ0v) is 21.7. The van der Waals surface area contributed by atoms with Crippen LogP contribution >= 0.6 is 11.6 Å². The lowest BCUT2D eigenvalue weighted by Crippen LogP contribution is -2.48. The van der Waals surface area contributed by atoms with Crippen molar-refractivity contribution in [3.8, 4) is 11.4 Å². The van der Waals surface area contributed by atoms with Crippen molar-refractivity contribution in [3.63, 3.8) is 0 Å². The minimum Gasteiger partial charge on any atom is -0.353 e. The van der Waals surface area contributed by atoms with E-state index in [0.29, 0.717) is 38.1 Å². The average molecular weight is 550 g/mol. The molecule has 0 atom stereocenters. The Hall–Kier alpha value is -3.21. The molecule has 1 aromatic carbocycles. The van der Waals surface area contributed by atoms with Crippen molar-refractivity contribution in [1.29, 1.82) is 0 Å². The number of alkyl halides is 3. The van der Waals surface area contributed by atoms with Gasteiger partial charge in [-0.1, -0.05) is 30.9 Å². The molecule has 5 rings (SSSR count). The maximum atomic E-state index is 14.9. The minimum absolute atomic E-state index is 0.0862. The van der Waals surface area contributed by atoms with E-state index in [4.69, 9.17) is 16.6 Å². The summed E-state index contributed by atoms with van der Waals surface area (Å²) in [4.78, 5) is 23.5. The molecule has 0 spiro atoms. The zero-order chi connectivity index (χ0) is 26.9. The highest BCUT2D eigenvalue weighted by atomic mass is 35.5. The molecule has 38 heavy (non-hydrogen) atoms. The molecular formula is C26H28ClF4N7. The molecule has 0 N–H and O–H groups in total. The molecule has 3 aromatic rings. The third kappa shape index (κ3) is 5.62. The van der Waals surface area contributed by atoms with E-state index in [-0.39, 0.29) is 28.3 Å². The van der Waals surface area contributed by atoms with E-state index >= 15 is 0 Å². The van der Waals surface area contributed by atoms with Crippen molar-refractivity contribution >= 4 is 29.3 Å². The number of benzene rings is 1. The van der Waals surface area contributed by atoms with Crippen LogP contribution in [0, 0.1) is 5.82 Å². The molecule has 0 unspecified atom stereocenters. The monoisotopic (exact) mass is 549 g/mol. The fourth-order valence-electron chi connectivity index (χ4n) is 5.06. The van der Waals surface area contributed by atoms with Crippen LogP contribution in [-0.2, 0) is 6.18 Å². The molecule has 0 bridgehead atoms. The highest BCUT2D eigenvalue weighted by molar-refractivity contribution is 6.30. The summed E-state index contributed by atoms with van der Waals surface area (Å²) >= 11 is 5.95. The Morgan fingerprint density at radius 2 is 1.66 bits per heavy atom. The molecule has 7 nitrogen and oxygen atoms in total. The first-order valence-corrected chi connectivity index (χ1v) is 13.0. The van der Waals surface area contributed by atoms with Crippen molar-refractivity contribution in [2.24, 2.45) is 0 Å². The van der Waals surface area contributed by atoms with Crippen LogP contribution in [-0.4, -0.2) is 59.2 Å². The van der Waals surface area contributed by atoms with Crippen molar-refractivity contribution in [2.75, 3.05) is 47.9 Å². The number of hydrogen-bond acceptors (Lipinski definition) is 7. The second kappa shape index (κ2) is 10.9. The summed E-state index contributed by atoms with van der Waals surface area (Å²) in [6, 6.07) is 6.94. The van der Waals surface area contributed by atoms with Gasteiger partial charge in [-0.15, -0.1) is 0 Å². The van der Waals surface area contributed by atoms with Gasteiger partial charge in [0.25, 0.3) is 0 Å². The smallest absolute Gasteiger partial charge is 0.353 e. The van der Waals surface area contributed by atoms with Crippen molar-refractivity contribution in [1.82, 2.24) is 19.9 Å². The molecule has 3 heterocycles. The number of rotatable bonds is 5. The van der Waals surface area contributed by atoms with Gasteiger partial charge in [0.1, 0.15) is 11.6 Å². The number of piperazine rings is 1. The van der Waals surface area contributed by atoms with Gasteiger partial charge in [-0.25, -0.2) is 9.37 Å². The average Bonchev–Trinajstić information content (AvgIpc) is 2.92. The van der Waals surface area contributed by atoms with Gasteiger partial charge in [0, 0.05) is 50.5 Å². The number of hydrogen-bond donors (Lipinski definition) is 0. The van der Waals surface area contributed by atoms with Crippen molar-refractivity contribution in [3.05, 3.63) is 52.9 Å². The molecule has 0 radical (unpaired) electrons. The van der Waals surface area contributed by atoms with E-state index in [9.17, 15) is 17.6 Å². The van der Waals surface area contributed by atoms with Gasteiger partial charge >= 0.3 is 6.18 Å². The van der Waals surface area contributed by atoms with Crippen LogP contribution in [0.3, 0.4) is 0 Å². The molecule has 2 fully saturated rings. The highest BCUT2D eigenvalue weighted by Gasteiger charge is 2.36. The lowest BCUT2D eigenvalue weighted by atomic mass is 9.95. The van der Waals surface area contributed by atoms with Gasteiger partial charge in [-0.3, -0.25) is 0 Å². The van der Waals surface area contributed by atoms with Crippen LogP contribution in [0.1, 0.15) is 37.7 Å². The molecule has 202 valence electrons. The number of aromatic nitrogens is 4. The number of anilines is 3. The zero-order valence-electron chi connectivity index (χ0n) is 20.9. The number of pyridine rings is 1. The minimum atomic E-state index is -4.49. The van der Waals surface area contributed by atoms with Crippen LogP contribution in [0.25, 0.3) is 11.4 Å². The predicted molar refractivity (Wildman–Crippen MR) is 139 cm³/mol. The summed E-state index contributed by atoms with van der Waals surface area (Å²) in [5.74, 6) is 0.363. The second-order valence-electron chi connectivity index (χ2n) is 9.63. The molecule has 12 heteroatoms. The van der Waals surface area contributed by atoms with Gasteiger partial charge in [0.15, 0.2) is 5.82 Å². The largest absolute Gasteiger partial charge is 0.419 e. The molecular weight excluding hydrogens is 522 g/mol. The molecule has 2 aliphatic rings. The number of nitrogens with zero attached hydrogens (tertiary/aromatic N) is 7. The Balaban J connectivity index is 1.44. The third-order valence-corrected chi connectivity index (χ3v) is 7.41. The van der Waals surface area contributed by atoms with Gasteiger partial charge < -0.3 is 14.7 Å². The quantitative estimate of drug-likeness (QED) is 0.370. The Bertz CT molecular complexity index is 1270. The van der Waals surface area contributed by atoms with Gasteiger partial charge in [0.2, 0.25) is 11.9 Å². The standard InChI is InChI=1S/C26H28ClF4N7/c1-36(18-6-3-2-4-7-18)24-33-22(19-10-9-17(27)16-21(19)28)34-25(35-24)38-14-12-37(13-15-38)23-20(26(29,30)31)8-5-11-32-23/h5,8-11,16,18H,2-4,6-7,12-15H2,1H3. The number of halogens is 5. The summed E-state index contributed by atoms with van der Waals surface area (Å²) in [7, 11) is 1.94. The maximum Gasteiger partial charge on any atom is 0.419 e. The molecule has 1 aliphatic heterocycles. The summed E-state index contributed by atoms with van der Waals surface area (Å²) in [5, 5.41) is 0.268. The van der Waals surface area contributed by atoms with Crippen LogP contribution < -0.4 is 14.7 Å². The van der Waals surface area contributed by atoms with E-state index in [1.165, 1.54) is 24.8 Å². The normalized spacial score (nSPS) is 17.1. The summed E-state index contributed by atoms with van der Waals surface area (Å²) < 4.78 is 55.5. The molecule has 1 saturated heterocycles. The summed E-state index contributed by atoms with van der Waals surface area (Å²) in [6.45, 7) is 1.33. The Morgan fingerprint density at radius 3 is 2.34 bits per heavy atom. The van der Waals surface area contributed by atoms with Crippen LogP contribution in [0.4, 0.5) is 35.3 Å². The maximum absolute atomic E-state index is 14.9. The fraction of sp³-hybridized carbons (Fsp3) is 0.462. The Morgan fingerprint density at radius 1 is 0.947 bits per heavy atom. The van der Waals surface area contributed by atoms with E-state index in [1.54, 1.807) is 17.0 Å². The molecule has 0 amide bonds. The van der Waals surface area contributed by atoms with Gasteiger partial charge in [0.05, 0.1) is 11.1 Å². The predicted octanol–water partition coefficient (Wildman–Crippen LogP) is 5.84. The Labute approximate surface area is 223 Å². The SMILES string of the molecule is CN(c1nc(-c2ccc(Cl)cc2F)nc(N2CCN(c3ncccc3C(F)(F)F)CC2)n1)C1CCCCC1. The molecule has 1 saturated carbocycles. The third-order valence-electron chi connectivity index (χ3n) is 7.18. The first-order chi connectivity index (χ1) is 18.2. The van der Waals surface area contributed by atoms with E-state index in [1.807, 2.05) is 16.8 Å². The summed E-state index contributed by atoms with van der Waals surface area (Å²) in [6.07, 6.45) is 2.36. The topological polar surface area (TPSA) is 61.3 Å². The van der Waals surface area contributed by atoms with Crippen LogP contribution in [0.2, 0.25) is 5.02 Å². The first-order valence-electron chi connectivity index (χ1n) is 12.7. The van der Waals surface area contributed by atoms with Crippen LogP contribution in [0.15, 0.2) is 36.5 Å². The van der Waals surface area contributed by atoms with Crippen molar-refractivity contribution < 1.29 is 17.6 Å². The highest BCUT2D eigenvalue weighted by Crippen LogP contribution is 2.36. The Kier molecular flexibility index (Phi) is 7.56. The first kappa shape index (κ1) is 26.4. The molecule has 2 aromatic heterocycles. The van der Waals surface area contributed by atoms with Gasteiger partial charge in [-0.2, -0.15) is 28.1 Å². The molecule has 1 aliphatic carbocycles. The lowest BCUT2D eigenvalue weighted by molar-refractivity contribution is -0.137. The van der Waals surface area contributed by atoms with E-state index < -0.39 is 17.6 Å².